The molecule has 0 spiro atoms. The third kappa shape index (κ3) is 2.12. The smallest absolute Gasteiger partial charge is 0.0982 e. The Labute approximate surface area is 103 Å². The van der Waals surface area contributed by atoms with E-state index in [0.29, 0.717) is 6.04 Å². The first-order valence-electron chi connectivity index (χ1n) is 6.79. The van der Waals surface area contributed by atoms with E-state index in [1.165, 1.54) is 36.0 Å². The molecule has 3 rings (SSSR count). The van der Waals surface area contributed by atoms with E-state index >= 15 is 0 Å². The fraction of sp³-hybridized carbons (Fsp3) is 0.600. The van der Waals surface area contributed by atoms with Gasteiger partial charge < -0.3 is 10.1 Å². The molecule has 0 radical (unpaired) electrons. The molecule has 2 nitrogen and oxygen atoms in total. The van der Waals surface area contributed by atoms with Gasteiger partial charge in [-0.1, -0.05) is 18.2 Å². The second kappa shape index (κ2) is 4.79. The Balaban J connectivity index is 1.99. The van der Waals surface area contributed by atoms with Crippen LogP contribution in [0.4, 0.5) is 0 Å². The first-order valence-corrected chi connectivity index (χ1v) is 6.79. The van der Waals surface area contributed by atoms with Crippen LogP contribution >= 0.6 is 0 Å². The molecular weight excluding hydrogens is 210 g/mol. The summed E-state index contributed by atoms with van der Waals surface area (Å²) in [6.07, 6.45) is 5.13. The minimum atomic E-state index is 0.274. The normalized spacial score (nSPS) is 28.8. The predicted octanol–water partition coefficient (Wildman–Crippen LogP) is 2.75. The summed E-state index contributed by atoms with van der Waals surface area (Å²) in [6, 6.07) is 7.19. The summed E-state index contributed by atoms with van der Waals surface area (Å²) in [4.78, 5) is 0. The van der Waals surface area contributed by atoms with Crippen LogP contribution in [0, 0.1) is 6.92 Å². The third-order valence-corrected chi connectivity index (χ3v) is 4.05. The second-order valence-corrected chi connectivity index (χ2v) is 5.25. The lowest BCUT2D eigenvalue weighted by Gasteiger charge is -2.26. The van der Waals surface area contributed by atoms with Crippen LogP contribution in [0.2, 0.25) is 0 Å². The molecule has 1 aromatic rings. The highest BCUT2D eigenvalue weighted by molar-refractivity contribution is 5.38. The SMILES string of the molecule is Cc1cccc2c1[C@@H]([C@@H]1CCCN1)OCCC2. The molecule has 2 heteroatoms. The molecule has 1 saturated heterocycles. The molecule has 0 amide bonds. The molecule has 2 aliphatic heterocycles. The Morgan fingerprint density at radius 3 is 3.06 bits per heavy atom. The van der Waals surface area contributed by atoms with E-state index in [-0.39, 0.29) is 6.10 Å². The summed E-state index contributed by atoms with van der Waals surface area (Å²) in [6.45, 7) is 4.26. The van der Waals surface area contributed by atoms with Crippen LogP contribution in [-0.4, -0.2) is 19.2 Å². The minimum Gasteiger partial charge on any atom is -0.372 e. The fourth-order valence-corrected chi connectivity index (χ4v) is 3.21. The molecule has 2 aliphatic rings. The number of hydrogen-bond donors (Lipinski definition) is 1. The predicted molar refractivity (Wildman–Crippen MR) is 69.2 cm³/mol. The first-order chi connectivity index (χ1) is 8.36. The molecule has 0 saturated carbocycles. The first kappa shape index (κ1) is 11.2. The van der Waals surface area contributed by atoms with E-state index in [2.05, 4.69) is 30.4 Å². The van der Waals surface area contributed by atoms with Crippen molar-refractivity contribution in [1.29, 1.82) is 0 Å². The average Bonchev–Trinajstić information content (AvgIpc) is 2.76. The van der Waals surface area contributed by atoms with E-state index < -0.39 is 0 Å². The summed E-state index contributed by atoms with van der Waals surface area (Å²) < 4.78 is 6.13. The van der Waals surface area contributed by atoms with Gasteiger partial charge in [0.15, 0.2) is 0 Å². The van der Waals surface area contributed by atoms with Crippen LogP contribution in [-0.2, 0) is 11.2 Å². The van der Waals surface area contributed by atoms with Gasteiger partial charge in [-0.2, -0.15) is 0 Å². The Kier molecular flexibility index (Phi) is 3.17. The van der Waals surface area contributed by atoms with E-state index in [4.69, 9.17) is 4.74 Å². The van der Waals surface area contributed by atoms with Gasteiger partial charge in [-0.05, 0) is 55.8 Å². The molecule has 1 N–H and O–H groups in total. The van der Waals surface area contributed by atoms with Crippen molar-refractivity contribution in [2.24, 2.45) is 0 Å². The number of ether oxygens (including phenoxy) is 1. The molecule has 0 bridgehead atoms. The number of rotatable bonds is 1. The van der Waals surface area contributed by atoms with Crippen LogP contribution in [0.25, 0.3) is 0 Å². The van der Waals surface area contributed by atoms with Crippen molar-refractivity contribution in [2.75, 3.05) is 13.2 Å². The molecular formula is C15H21NO. The zero-order valence-corrected chi connectivity index (χ0v) is 10.5. The van der Waals surface area contributed by atoms with Crippen LogP contribution in [0.5, 0.6) is 0 Å². The molecule has 0 unspecified atom stereocenters. The summed E-state index contributed by atoms with van der Waals surface area (Å²) in [5, 5.41) is 3.60. The maximum atomic E-state index is 6.13. The zero-order chi connectivity index (χ0) is 11.7. The van der Waals surface area contributed by atoms with Gasteiger partial charge >= 0.3 is 0 Å². The molecule has 17 heavy (non-hydrogen) atoms. The Hall–Kier alpha value is -0.860. The van der Waals surface area contributed by atoms with Crippen LogP contribution < -0.4 is 5.32 Å². The van der Waals surface area contributed by atoms with Crippen LogP contribution in [0.1, 0.15) is 42.1 Å². The van der Waals surface area contributed by atoms with Gasteiger partial charge in [-0.3, -0.25) is 0 Å². The van der Waals surface area contributed by atoms with Crippen molar-refractivity contribution in [3.8, 4) is 0 Å². The van der Waals surface area contributed by atoms with Gasteiger partial charge in [0, 0.05) is 12.6 Å². The van der Waals surface area contributed by atoms with Crippen molar-refractivity contribution in [1.82, 2.24) is 5.32 Å². The summed E-state index contributed by atoms with van der Waals surface area (Å²) in [5.74, 6) is 0. The van der Waals surface area contributed by atoms with Gasteiger partial charge in [0.05, 0.1) is 6.10 Å². The van der Waals surface area contributed by atoms with E-state index in [1.807, 2.05) is 0 Å². The number of fused-ring (bicyclic) bond motifs is 1. The number of nitrogens with one attached hydrogen (secondary N) is 1. The largest absolute Gasteiger partial charge is 0.372 e. The van der Waals surface area contributed by atoms with Crippen LogP contribution in [0.15, 0.2) is 18.2 Å². The standard InChI is InChI=1S/C15H21NO/c1-11-5-2-6-12-7-4-10-17-15(14(11)12)13-8-3-9-16-13/h2,5-6,13,15-16H,3-4,7-10H2,1H3/t13-,15+/m0/s1. The van der Waals surface area contributed by atoms with E-state index in [0.717, 1.165) is 19.6 Å². The summed E-state index contributed by atoms with van der Waals surface area (Å²) in [7, 11) is 0. The lowest BCUT2D eigenvalue weighted by Crippen LogP contribution is -2.31. The third-order valence-electron chi connectivity index (χ3n) is 4.05. The Morgan fingerprint density at radius 2 is 2.24 bits per heavy atom. The molecule has 2 heterocycles. The summed E-state index contributed by atoms with van der Waals surface area (Å²) >= 11 is 0. The molecule has 1 aromatic carbocycles. The van der Waals surface area contributed by atoms with Gasteiger partial charge in [-0.15, -0.1) is 0 Å². The molecule has 92 valence electrons. The van der Waals surface area contributed by atoms with Gasteiger partial charge in [0.25, 0.3) is 0 Å². The van der Waals surface area contributed by atoms with Crippen molar-refractivity contribution >= 4 is 0 Å². The minimum absolute atomic E-state index is 0.274. The topological polar surface area (TPSA) is 21.3 Å². The number of hydrogen-bond acceptors (Lipinski definition) is 2. The van der Waals surface area contributed by atoms with Gasteiger partial charge in [-0.25, -0.2) is 0 Å². The van der Waals surface area contributed by atoms with Gasteiger partial charge in [0.1, 0.15) is 0 Å². The Morgan fingerprint density at radius 1 is 1.29 bits per heavy atom. The highest BCUT2D eigenvalue weighted by Gasteiger charge is 2.30. The molecule has 2 atom stereocenters. The molecule has 0 aliphatic carbocycles. The maximum Gasteiger partial charge on any atom is 0.0982 e. The lowest BCUT2D eigenvalue weighted by molar-refractivity contribution is 0.0330. The van der Waals surface area contributed by atoms with Crippen molar-refractivity contribution in [3.05, 3.63) is 34.9 Å². The van der Waals surface area contributed by atoms with E-state index in [9.17, 15) is 0 Å². The van der Waals surface area contributed by atoms with E-state index in [1.54, 1.807) is 0 Å². The number of benzene rings is 1. The maximum absolute atomic E-state index is 6.13. The molecule has 0 aromatic heterocycles. The van der Waals surface area contributed by atoms with Gasteiger partial charge in [0.2, 0.25) is 0 Å². The van der Waals surface area contributed by atoms with Crippen molar-refractivity contribution in [3.63, 3.8) is 0 Å². The highest BCUT2D eigenvalue weighted by Crippen LogP contribution is 2.34. The average molecular weight is 231 g/mol. The molecule has 1 fully saturated rings. The zero-order valence-electron chi connectivity index (χ0n) is 10.5. The fourth-order valence-electron chi connectivity index (χ4n) is 3.21. The lowest BCUT2D eigenvalue weighted by atomic mass is 9.91. The van der Waals surface area contributed by atoms with Crippen molar-refractivity contribution < 1.29 is 4.74 Å². The van der Waals surface area contributed by atoms with Crippen molar-refractivity contribution in [2.45, 2.75) is 44.8 Å². The highest BCUT2D eigenvalue weighted by atomic mass is 16.5. The summed E-state index contributed by atoms with van der Waals surface area (Å²) in [5.41, 5.74) is 4.36. The van der Waals surface area contributed by atoms with Crippen LogP contribution in [0.3, 0.4) is 0 Å². The Bertz CT molecular complexity index is 396. The quantitative estimate of drug-likeness (QED) is 0.802. The second-order valence-electron chi connectivity index (χ2n) is 5.25. The monoisotopic (exact) mass is 231 g/mol. The number of aryl methyl sites for hydroxylation is 2.